The summed E-state index contributed by atoms with van der Waals surface area (Å²) in [7, 11) is -9.92. The lowest BCUT2D eigenvalue weighted by Crippen LogP contribution is -2.30. The van der Waals surface area contributed by atoms with Crippen molar-refractivity contribution in [2.75, 3.05) is 39.6 Å². The molecule has 0 aliphatic heterocycles. The number of rotatable bonds is 84. The van der Waals surface area contributed by atoms with Crippen molar-refractivity contribution in [1.82, 2.24) is 0 Å². The summed E-state index contributed by atoms with van der Waals surface area (Å²) >= 11 is 0. The minimum Gasteiger partial charge on any atom is -0.462 e. The van der Waals surface area contributed by atoms with Gasteiger partial charge >= 0.3 is 39.5 Å². The molecule has 0 bridgehead atoms. The van der Waals surface area contributed by atoms with Gasteiger partial charge in [0.05, 0.1) is 26.4 Å². The lowest BCUT2D eigenvalue weighted by Gasteiger charge is -2.21. The first-order valence-electron chi connectivity index (χ1n) is 43.7. The largest absolute Gasteiger partial charge is 0.472 e. The number of phosphoric acid groups is 2. The van der Waals surface area contributed by atoms with Gasteiger partial charge in [0.25, 0.3) is 0 Å². The molecule has 3 unspecified atom stereocenters. The SMILES string of the molecule is CCCCCCCCCCCCCCCCCCCCCCCCC(=O)O[C@H](COC(=O)CCCCCCCCCCCCCCCCC)COP(=O)(O)OC[C@@H](O)COP(=O)(O)OC[C@@H](COC(=O)CCCCCCCCCCC(C)CC)OC(=O)CCCCCCCCCCCCCCCC. The Bertz CT molecular complexity index is 1960. The third-order valence-corrected chi connectivity index (χ3v) is 22.0. The van der Waals surface area contributed by atoms with Crippen LogP contribution in [0.25, 0.3) is 0 Å². The van der Waals surface area contributed by atoms with Crippen molar-refractivity contribution in [2.24, 2.45) is 5.92 Å². The number of aliphatic hydroxyl groups excluding tert-OH is 1. The molecule has 19 heteroatoms. The van der Waals surface area contributed by atoms with Crippen molar-refractivity contribution >= 4 is 39.5 Å². The second kappa shape index (κ2) is 76.8. The van der Waals surface area contributed by atoms with E-state index in [9.17, 15) is 43.2 Å². The molecule has 6 atom stereocenters. The quantitative estimate of drug-likeness (QED) is 0.0222. The fourth-order valence-corrected chi connectivity index (χ4v) is 14.7. The molecule has 0 radical (unpaired) electrons. The molecule has 0 aliphatic rings. The van der Waals surface area contributed by atoms with Crippen LogP contribution in [0.2, 0.25) is 0 Å². The summed E-state index contributed by atoms with van der Waals surface area (Å²) in [5.41, 5.74) is 0. The average molecular weight is 1510 g/mol. The van der Waals surface area contributed by atoms with E-state index in [1.807, 2.05) is 0 Å². The minimum absolute atomic E-state index is 0.108. The molecule has 17 nitrogen and oxygen atoms in total. The predicted molar refractivity (Wildman–Crippen MR) is 423 cm³/mol. The van der Waals surface area contributed by atoms with Crippen molar-refractivity contribution in [3.8, 4) is 0 Å². The summed E-state index contributed by atoms with van der Waals surface area (Å²) in [5.74, 6) is -1.32. The molecule has 0 spiro atoms. The van der Waals surface area contributed by atoms with Gasteiger partial charge in [-0.1, -0.05) is 401 Å². The maximum atomic E-state index is 13.1. The highest BCUT2D eigenvalue weighted by Gasteiger charge is 2.30. The molecule has 0 aromatic carbocycles. The third-order valence-electron chi connectivity index (χ3n) is 20.1. The van der Waals surface area contributed by atoms with Crippen molar-refractivity contribution in [1.29, 1.82) is 0 Å². The van der Waals surface area contributed by atoms with Gasteiger partial charge < -0.3 is 33.8 Å². The Morgan fingerprint density at radius 2 is 0.466 bits per heavy atom. The lowest BCUT2D eigenvalue weighted by atomic mass is 9.99. The highest BCUT2D eigenvalue weighted by atomic mass is 31.2. The standard InChI is InChI=1S/C84H164O17P2/c1-6-10-13-16-19-22-25-28-31-32-33-34-35-36-37-39-42-45-48-55-60-65-70-84(89)100-79(73-94-81(86)67-62-57-52-46-43-41-38-29-26-23-20-17-14-11-7-2)75-98-102(90,91)96-71-78(85)72-97-103(92,93)99-76-80(74-95-82(87)68-63-58-53-50-49-51-56-61-66-77(5)9-4)101-83(88)69-64-59-54-47-44-40-30-27-24-21-18-15-12-8-3/h77-80,85H,6-76H2,1-5H3,(H,90,91)(H,92,93)/t77?,78-,79-,80-/m1/s1. The van der Waals surface area contributed by atoms with Gasteiger partial charge in [0, 0.05) is 25.7 Å². The Balaban J connectivity index is 5.23. The molecule has 0 rings (SSSR count). The van der Waals surface area contributed by atoms with Gasteiger partial charge in [-0.25, -0.2) is 9.13 Å². The molecule has 0 aromatic heterocycles. The number of hydrogen-bond donors (Lipinski definition) is 3. The van der Waals surface area contributed by atoms with Crippen molar-refractivity contribution in [2.45, 2.75) is 470 Å². The molecule has 3 N–H and O–H groups in total. The van der Waals surface area contributed by atoms with Crippen LogP contribution < -0.4 is 0 Å². The van der Waals surface area contributed by atoms with Crippen LogP contribution in [-0.4, -0.2) is 96.7 Å². The summed E-state index contributed by atoms with van der Waals surface area (Å²) in [6, 6.07) is 0. The predicted octanol–water partition coefficient (Wildman–Crippen LogP) is 25.6. The molecule has 612 valence electrons. The Morgan fingerprint density at radius 1 is 0.272 bits per heavy atom. The molecule has 0 heterocycles. The van der Waals surface area contributed by atoms with Crippen molar-refractivity contribution in [3.63, 3.8) is 0 Å². The van der Waals surface area contributed by atoms with Gasteiger partial charge in [-0.15, -0.1) is 0 Å². The minimum atomic E-state index is -4.96. The number of unbranched alkanes of at least 4 members (excludes halogenated alkanes) is 55. The van der Waals surface area contributed by atoms with Gasteiger partial charge in [0.2, 0.25) is 0 Å². The van der Waals surface area contributed by atoms with Crippen LogP contribution in [0.15, 0.2) is 0 Å². The number of carbonyl (C=O) groups is 4. The molecule has 0 aromatic rings. The zero-order chi connectivity index (χ0) is 75.5. The van der Waals surface area contributed by atoms with Gasteiger partial charge in [0.1, 0.15) is 19.3 Å². The first-order chi connectivity index (χ1) is 50.1. The van der Waals surface area contributed by atoms with Crippen LogP contribution >= 0.6 is 15.6 Å². The Labute approximate surface area is 632 Å². The van der Waals surface area contributed by atoms with E-state index in [-0.39, 0.29) is 25.7 Å². The van der Waals surface area contributed by atoms with E-state index in [0.717, 1.165) is 95.8 Å². The number of ether oxygens (including phenoxy) is 4. The highest BCUT2D eigenvalue weighted by molar-refractivity contribution is 7.47. The van der Waals surface area contributed by atoms with Gasteiger partial charge in [0.15, 0.2) is 12.2 Å². The topological polar surface area (TPSA) is 237 Å². The molecule has 0 aliphatic carbocycles. The van der Waals surface area contributed by atoms with E-state index in [0.29, 0.717) is 25.7 Å². The van der Waals surface area contributed by atoms with Crippen LogP contribution in [0.5, 0.6) is 0 Å². The molecule has 0 amide bonds. The number of hydrogen-bond acceptors (Lipinski definition) is 15. The zero-order valence-electron chi connectivity index (χ0n) is 67.5. The fourth-order valence-electron chi connectivity index (χ4n) is 13.1. The Kier molecular flexibility index (Phi) is 75.4. The van der Waals surface area contributed by atoms with E-state index in [1.165, 1.54) is 276 Å². The van der Waals surface area contributed by atoms with E-state index in [2.05, 4.69) is 34.6 Å². The summed E-state index contributed by atoms with van der Waals surface area (Å²) in [4.78, 5) is 73.2. The third kappa shape index (κ3) is 76.6. The second-order valence-corrected chi connectivity index (χ2v) is 33.4. The zero-order valence-corrected chi connectivity index (χ0v) is 69.3. The molecule has 0 fully saturated rings. The first kappa shape index (κ1) is 101. The molecule has 0 saturated heterocycles. The van der Waals surface area contributed by atoms with E-state index in [1.54, 1.807) is 0 Å². The van der Waals surface area contributed by atoms with Crippen LogP contribution in [0, 0.1) is 5.92 Å². The van der Waals surface area contributed by atoms with Crippen LogP contribution in [0.4, 0.5) is 0 Å². The van der Waals surface area contributed by atoms with Crippen molar-refractivity contribution < 1.29 is 80.2 Å². The summed E-state index contributed by atoms with van der Waals surface area (Å²) in [5, 5.41) is 10.7. The summed E-state index contributed by atoms with van der Waals surface area (Å²) < 4.78 is 68.8. The smallest absolute Gasteiger partial charge is 0.462 e. The fraction of sp³-hybridized carbons (Fsp3) is 0.952. The van der Waals surface area contributed by atoms with Crippen LogP contribution in [0.3, 0.4) is 0 Å². The Morgan fingerprint density at radius 3 is 0.689 bits per heavy atom. The number of aliphatic hydroxyl groups is 1. The number of esters is 4. The monoisotopic (exact) mass is 1510 g/mol. The maximum Gasteiger partial charge on any atom is 0.472 e. The van der Waals surface area contributed by atoms with Gasteiger partial charge in [-0.05, 0) is 31.6 Å². The van der Waals surface area contributed by atoms with Gasteiger partial charge in [-0.3, -0.25) is 37.3 Å². The molecular weight excluding hydrogens is 1340 g/mol. The summed E-state index contributed by atoms with van der Waals surface area (Å²) in [6.45, 7) is 7.35. The normalized spacial score (nSPS) is 14.1. The highest BCUT2D eigenvalue weighted by Crippen LogP contribution is 2.45. The number of phosphoric ester groups is 2. The van der Waals surface area contributed by atoms with Crippen molar-refractivity contribution in [3.05, 3.63) is 0 Å². The van der Waals surface area contributed by atoms with Crippen LogP contribution in [-0.2, 0) is 65.4 Å². The van der Waals surface area contributed by atoms with E-state index < -0.39 is 97.5 Å². The lowest BCUT2D eigenvalue weighted by molar-refractivity contribution is -0.161. The average Bonchev–Trinajstić information content (AvgIpc) is 0.929. The second-order valence-electron chi connectivity index (χ2n) is 30.5. The number of carbonyl (C=O) groups excluding carboxylic acids is 4. The van der Waals surface area contributed by atoms with Gasteiger partial charge in [-0.2, -0.15) is 0 Å². The van der Waals surface area contributed by atoms with E-state index in [4.69, 9.17) is 37.0 Å². The molecule has 0 saturated carbocycles. The van der Waals surface area contributed by atoms with Crippen LogP contribution in [0.1, 0.15) is 452 Å². The molecule has 103 heavy (non-hydrogen) atoms. The van der Waals surface area contributed by atoms with E-state index >= 15 is 0 Å². The summed E-state index contributed by atoms with van der Waals surface area (Å²) in [6.07, 6.45) is 69.4. The molecular formula is C84H164O17P2. The maximum absolute atomic E-state index is 13.1. The Hall–Kier alpha value is -1.94. The first-order valence-corrected chi connectivity index (χ1v) is 46.7.